The van der Waals surface area contributed by atoms with Crippen LogP contribution >= 0.6 is 0 Å². The van der Waals surface area contributed by atoms with Gasteiger partial charge in [0.15, 0.2) is 5.65 Å². The number of fused-ring (bicyclic) bond motifs is 1. The third kappa shape index (κ3) is 5.29. The molecule has 0 saturated heterocycles. The lowest BCUT2D eigenvalue weighted by Gasteiger charge is -2.57. The van der Waals surface area contributed by atoms with Crippen molar-refractivity contribution in [3.05, 3.63) is 71.9 Å². The molecule has 0 atom stereocenters. The van der Waals surface area contributed by atoms with Gasteiger partial charge >= 0.3 is 0 Å². The Morgan fingerprint density at radius 3 is 2.51 bits per heavy atom. The molecule has 0 aliphatic heterocycles. The van der Waals surface area contributed by atoms with Gasteiger partial charge < -0.3 is 15.8 Å². The predicted molar refractivity (Wildman–Crippen MR) is 159 cm³/mol. The van der Waals surface area contributed by atoms with E-state index in [9.17, 15) is 18.4 Å². The number of alkyl halides is 2. The molecule has 4 aromatic heterocycles. The highest BCUT2D eigenvalue weighted by atomic mass is 19.3. The van der Waals surface area contributed by atoms with Crippen molar-refractivity contribution in [3.63, 3.8) is 0 Å². The van der Waals surface area contributed by atoms with E-state index in [2.05, 4.69) is 25.6 Å². The number of benzene rings is 1. The topological polar surface area (TPSA) is 148 Å². The highest BCUT2D eigenvalue weighted by Gasteiger charge is 2.54. The quantitative estimate of drug-likeness (QED) is 0.256. The van der Waals surface area contributed by atoms with Gasteiger partial charge in [0.25, 0.3) is 18.2 Å². The summed E-state index contributed by atoms with van der Waals surface area (Å²) < 4.78 is 36.0. The van der Waals surface area contributed by atoms with Crippen molar-refractivity contribution in [1.29, 1.82) is 0 Å². The fourth-order valence-corrected chi connectivity index (χ4v) is 6.60. The molecule has 232 valence electrons. The van der Waals surface area contributed by atoms with Gasteiger partial charge in [-0.1, -0.05) is 12.1 Å². The summed E-state index contributed by atoms with van der Waals surface area (Å²) in [5, 5.41) is 16.5. The Bertz CT molecular complexity index is 1910. The number of nitrogens with zero attached hydrogens (tertiary/aromatic N) is 7. The maximum atomic E-state index is 13.2. The zero-order valence-electron chi connectivity index (χ0n) is 24.7. The van der Waals surface area contributed by atoms with Crippen LogP contribution in [0.1, 0.15) is 52.1 Å². The van der Waals surface area contributed by atoms with E-state index < -0.39 is 18.9 Å². The molecule has 7 rings (SSSR count). The number of amides is 2. The van der Waals surface area contributed by atoms with Crippen molar-refractivity contribution < 1.29 is 23.1 Å². The summed E-state index contributed by atoms with van der Waals surface area (Å²) in [4.78, 5) is 29.7. The Labute approximate surface area is 256 Å². The van der Waals surface area contributed by atoms with Crippen molar-refractivity contribution in [2.45, 2.75) is 57.7 Å². The van der Waals surface area contributed by atoms with E-state index >= 15 is 0 Å². The number of nitrogens with one attached hydrogen (secondary N) is 1. The van der Waals surface area contributed by atoms with Gasteiger partial charge in [-0.05, 0) is 61.8 Å². The summed E-state index contributed by atoms with van der Waals surface area (Å²) in [6, 6.07) is 9.17. The molecule has 1 aromatic carbocycles. The van der Waals surface area contributed by atoms with Crippen LogP contribution in [0.3, 0.4) is 0 Å². The molecule has 2 saturated carbocycles. The molecule has 2 aliphatic rings. The zero-order valence-corrected chi connectivity index (χ0v) is 24.7. The lowest BCUT2D eigenvalue weighted by Crippen LogP contribution is -2.58. The number of hydrogen-bond acceptors (Lipinski definition) is 7. The van der Waals surface area contributed by atoms with Gasteiger partial charge in [0.05, 0.1) is 35.5 Å². The van der Waals surface area contributed by atoms with E-state index in [0.717, 1.165) is 47.9 Å². The molecular weight excluding hydrogens is 584 g/mol. The number of halogens is 2. The largest absolute Gasteiger partial charge is 0.474 e. The first-order chi connectivity index (χ1) is 21.6. The van der Waals surface area contributed by atoms with Crippen molar-refractivity contribution in [1.82, 2.24) is 39.6 Å². The van der Waals surface area contributed by atoms with Crippen LogP contribution in [-0.2, 0) is 13.6 Å². The molecule has 2 amide bonds. The molecule has 14 heteroatoms. The molecule has 2 aliphatic carbocycles. The molecule has 5 aromatic rings. The Kier molecular flexibility index (Phi) is 6.86. The molecule has 0 bridgehead atoms. The lowest BCUT2D eigenvalue weighted by atomic mass is 9.53. The summed E-state index contributed by atoms with van der Waals surface area (Å²) in [6.07, 6.45) is 7.09. The fourth-order valence-electron chi connectivity index (χ4n) is 6.60. The maximum absolute atomic E-state index is 13.2. The van der Waals surface area contributed by atoms with E-state index in [1.54, 1.807) is 47.3 Å². The van der Waals surface area contributed by atoms with Crippen LogP contribution in [0, 0.1) is 12.3 Å². The second kappa shape index (κ2) is 10.8. The average molecular weight is 616 g/mol. The minimum Gasteiger partial charge on any atom is -0.474 e. The molecule has 12 nitrogen and oxygen atoms in total. The minimum atomic E-state index is -2.47. The average Bonchev–Trinajstić information content (AvgIpc) is 3.68. The van der Waals surface area contributed by atoms with Gasteiger partial charge in [-0.3, -0.25) is 19.0 Å². The van der Waals surface area contributed by atoms with Gasteiger partial charge in [-0.2, -0.15) is 20.3 Å². The Morgan fingerprint density at radius 2 is 1.80 bits per heavy atom. The van der Waals surface area contributed by atoms with Crippen LogP contribution in [0.25, 0.3) is 27.8 Å². The Balaban J connectivity index is 0.938. The van der Waals surface area contributed by atoms with E-state index in [4.69, 9.17) is 10.5 Å². The van der Waals surface area contributed by atoms with Crippen molar-refractivity contribution in [2.75, 3.05) is 0 Å². The number of aromatic nitrogens is 7. The van der Waals surface area contributed by atoms with Crippen LogP contribution in [0.15, 0.2) is 55.1 Å². The normalized spacial score (nSPS) is 20.7. The number of rotatable bonds is 9. The molecule has 45 heavy (non-hydrogen) atoms. The molecule has 0 radical (unpaired) electrons. The van der Waals surface area contributed by atoms with E-state index in [-0.39, 0.29) is 34.9 Å². The first-order valence-corrected chi connectivity index (χ1v) is 14.6. The van der Waals surface area contributed by atoms with E-state index in [0.29, 0.717) is 16.9 Å². The molecule has 0 unspecified atom stereocenters. The highest BCUT2D eigenvalue weighted by molar-refractivity contribution is 5.98. The van der Waals surface area contributed by atoms with Crippen molar-refractivity contribution in [2.24, 2.45) is 18.2 Å². The highest BCUT2D eigenvalue weighted by Crippen LogP contribution is 2.57. The standard InChI is InChI=1S/C31H31F2N9O3/c1-17-25(14-37-42(17)22-5-3-18(4-6-22)20-13-36-41(15-20)16-26(32)33)29(44)38-21-8-31(9-21)10-23(11-31)45-30-24(27(34)43)7-19-12-35-40(2)28(19)39-30/h3-7,12-15,21,23,26H,8-11,16H2,1-2H3,(H2,34,43)(H,38,44). The van der Waals surface area contributed by atoms with Crippen molar-refractivity contribution in [3.8, 4) is 22.7 Å². The Morgan fingerprint density at radius 1 is 1.04 bits per heavy atom. The van der Waals surface area contributed by atoms with Crippen LogP contribution < -0.4 is 15.8 Å². The second-order valence-electron chi connectivity index (χ2n) is 12.1. The SMILES string of the molecule is Cc1c(C(=O)NC2CC3(C2)CC(Oc2nc4c(cnn4C)cc2C(N)=O)C3)cnn1-c1ccc(-c2cnn(CC(F)F)c2)cc1. The van der Waals surface area contributed by atoms with Crippen LogP contribution in [0.2, 0.25) is 0 Å². The van der Waals surface area contributed by atoms with E-state index in [1.807, 2.05) is 31.2 Å². The summed E-state index contributed by atoms with van der Waals surface area (Å²) in [7, 11) is 1.77. The van der Waals surface area contributed by atoms with Gasteiger partial charge in [0.1, 0.15) is 18.2 Å². The summed E-state index contributed by atoms with van der Waals surface area (Å²) in [6.45, 7) is 1.39. The summed E-state index contributed by atoms with van der Waals surface area (Å²) in [5.41, 5.74) is 10.1. The van der Waals surface area contributed by atoms with Crippen molar-refractivity contribution >= 4 is 22.8 Å². The number of aryl methyl sites for hydroxylation is 1. The summed E-state index contributed by atoms with van der Waals surface area (Å²) >= 11 is 0. The lowest BCUT2D eigenvalue weighted by molar-refractivity contribution is -0.0847. The van der Waals surface area contributed by atoms with Gasteiger partial charge in [-0.25, -0.2) is 13.5 Å². The monoisotopic (exact) mass is 615 g/mol. The molecule has 1 spiro atoms. The van der Waals surface area contributed by atoms with Crippen LogP contribution in [0.4, 0.5) is 8.78 Å². The van der Waals surface area contributed by atoms with E-state index in [1.165, 1.54) is 4.68 Å². The number of primary amides is 1. The summed E-state index contributed by atoms with van der Waals surface area (Å²) in [5.74, 6) is -0.545. The molecule has 3 N–H and O–H groups in total. The Hall–Kier alpha value is -5.14. The first kappa shape index (κ1) is 28.6. The molecule has 2 fully saturated rings. The van der Waals surface area contributed by atoms with Gasteiger partial charge in [-0.15, -0.1) is 0 Å². The number of ether oxygens (including phenoxy) is 1. The van der Waals surface area contributed by atoms with Crippen LogP contribution in [-0.4, -0.2) is 64.7 Å². The third-order valence-corrected chi connectivity index (χ3v) is 8.89. The molecular formula is C31H31F2N9O3. The minimum absolute atomic E-state index is 0.0524. The predicted octanol–water partition coefficient (Wildman–Crippen LogP) is 3.81. The fraction of sp³-hybridized carbons (Fsp3) is 0.355. The van der Waals surface area contributed by atoms with Crippen LogP contribution in [0.5, 0.6) is 5.88 Å². The smallest absolute Gasteiger partial charge is 0.257 e. The molecule has 4 heterocycles. The van der Waals surface area contributed by atoms with Gasteiger partial charge in [0, 0.05) is 30.2 Å². The number of hydrogen-bond donors (Lipinski definition) is 2. The first-order valence-electron chi connectivity index (χ1n) is 14.6. The number of nitrogens with two attached hydrogens (primary N) is 1. The second-order valence-corrected chi connectivity index (χ2v) is 12.1. The maximum Gasteiger partial charge on any atom is 0.257 e. The zero-order chi connectivity index (χ0) is 31.5. The van der Waals surface area contributed by atoms with Gasteiger partial charge in [0.2, 0.25) is 5.88 Å². The number of carbonyl (C=O) groups excluding carboxylic acids is 2. The third-order valence-electron chi connectivity index (χ3n) is 8.89. The number of carbonyl (C=O) groups is 2. The number of pyridine rings is 1.